The van der Waals surface area contributed by atoms with Gasteiger partial charge in [-0.3, -0.25) is 9.59 Å². The number of amides is 2. The second kappa shape index (κ2) is 7.61. The highest BCUT2D eigenvalue weighted by atomic mass is 79.9. The minimum atomic E-state index is -0.432. The Hall–Kier alpha value is -1.47. The van der Waals surface area contributed by atoms with E-state index in [2.05, 4.69) is 15.9 Å². The van der Waals surface area contributed by atoms with Crippen LogP contribution in [0.15, 0.2) is 22.7 Å². The highest BCUT2D eigenvalue weighted by molar-refractivity contribution is 9.10. The van der Waals surface area contributed by atoms with Gasteiger partial charge in [0.2, 0.25) is 5.91 Å². The minimum Gasteiger partial charge on any atom is -0.378 e. The van der Waals surface area contributed by atoms with Crippen LogP contribution >= 0.6 is 15.9 Å². The van der Waals surface area contributed by atoms with E-state index in [4.69, 9.17) is 4.74 Å². The third-order valence-electron chi connectivity index (χ3n) is 4.61. The van der Waals surface area contributed by atoms with Crippen LogP contribution in [-0.2, 0) is 9.53 Å². The summed E-state index contributed by atoms with van der Waals surface area (Å²) in [7, 11) is 0. The van der Waals surface area contributed by atoms with Crippen LogP contribution in [0.5, 0.6) is 0 Å². The third kappa shape index (κ3) is 3.78. The number of nitrogens with zero attached hydrogens (tertiary/aromatic N) is 2. The van der Waals surface area contributed by atoms with E-state index >= 15 is 0 Å². The number of ether oxygens (including phenoxy) is 1. The summed E-state index contributed by atoms with van der Waals surface area (Å²) in [6.07, 6.45) is 1.30. The smallest absolute Gasteiger partial charge is 0.255 e. The molecule has 2 amide bonds. The first-order chi connectivity index (χ1) is 11.6. The van der Waals surface area contributed by atoms with E-state index < -0.39 is 5.82 Å². The number of carbonyl (C=O) groups excluding carboxylic acids is 2. The molecule has 2 heterocycles. The molecule has 1 aromatic carbocycles. The van der Waals surface area contributed by atoms with Gasteiger partial charge in [0.25, 0.3) is 5.91 Å². The van der Waals surface area contributed by atoms with Crippen molar-refractivity contribution in [1.29, 1.82) is 0 Å². The van der Waals surface area contributed by atoms with Gasteiger partial charge in [-0.15, -0.1) is 0 Å². The summed E-state index contributed by atoms with van der Waals surface area (Å²) >= 11 is 3.30. The summed E-state index contributed by atoms with van der Waals surface area (Å²) in [5, 5.41) is 0. The van der Waals surface area contributed by atoms with Gasteiger partial charge >= 0.3 is 0 Å². The van der Waals surface area contributed by atoms with Gasteiger partial charge in [-0.25, -0.2) is 4.39 Å². The molecular formula is C17H20BrFN2O3. The van der Waals surface area contributed by atoms with E-state index in [0.29, 0.717) is 62.3 Å². The topological polar surface area (TPSA) is 49.9 Å². The molecule has 0 saturated carbocycles. The Morgan fingerprint density at radius 1 is 1.08 bits per heavy atom. The van der Waals surface area contributed by atoms with E-state index in [9.17, 15) is 14.0 Å². The summed E-state index contributed by atoms with van der Waals surface area (Å²) < 4.78 is 19.3. The van der Waals surface area contributed by atoms with Gasteiger partial charge in [0.15, 0.2) is 0 Å². The number of morpholine rings is 1. The lowest BCUT2D eigenvalue weighted by molar-refractivity contribution is -0.141. The summed E-state index contributed by atoms with van der Waals surface area (Å²) in [6.45, 7) is 3.51. The lowest BCUT2D eigenvalue weighted by atomic mass is 9.94. The van der Waals surface area contributed by atoms with Crippen LogP contribution in [0, 0.1) is 11.7 Å². The van der Waals surface area contributed by atoms with Crippen LogP contribution in [0.2, 0.25) is 0 Å². The van der Waals surface area contributed by atoms with Gasteiger partial charge in [0, 0.05) is 36.6 Å². The Morgan fingerprint density at radius 2 is 1.75 bits per heavy atom. The van der Waals surface area contributed by atoms with Crippen molar-refractivity contribution in [1.82, 2.24) is 9.80 Å². The van der Waals surface area contributed by atoms with Crippen LogP contribution in [0.4, 0.5) is 4.39 Å². The number of hydrogen-bond acceptors (Lipinski definition) is 3. The molecule has 7 heteroatoms. The van der Waals surface area contributed by atoms with Crippen molar-refractivity contribution >= 4 is 27.7 Å². The number of hydrogen-bond donors (Lipinski definition) is 0. The monoisotopic (exact) mass is 398 g/mol. The van der Waals surface area contributed by atoms with Gasteiger partial charge < -0.3 is 14.5 Å². The molecule has 5 nitrogen and oxygen atoms in total. The van der Waals surface area contributed by atoms with Crippen molar-refractivity contribution in [2.75, 3.05) is 39.4 Å². The average Bonchev–Trinajstić information content (AvgIpc) is 2.63. The Bertz CT molecular complexity index is 626. The Labute approximate surface area is 148 Å². The third-order valence-corrected chi connectivity index (χ3v) is 5.30. The summed E-state index contributed by atoms with van der Waals surface area (Å²) in [6, 6.07) is 4.10. The number of benzene rings is 1. The fourth-order valence-corrected chi connectivity index (χ4v) is 3.62. The average molecular weight is 399 g/mol. The van der Waals surface area contributed by atoms with Crippen molar-refractivity contribution < 1.29 is 18.7 Å². The summed E-state index contributed by atoms with van der Waals surface area (Å²) in [5.41, 5.74) is 0.327. The molecule has 0 spiro atoms. The Morgan fingerprint density at radius 3 is 2.42 bits per heavy atom. The van der Waals surface area contributed by atoms with Crippen molar-refractivity contribution in [2.45, 2.75) is 12.8 Å². The fourth-order valence-electron chi connectivity index (χ4n) is 3.20. The van der Waals surface area contributed by atoms with Crippen molar-refractivity contribution in [3.05, 3.63) is 34.1 Å². The Balaban J connectivity index is 1.59. The minimum absolute atomic E-state index is 0.0388. The predicted molar refractivity (Wildman–Crippen MR) is 90.1 cm³/mol. The van der Waals surface area contributed by atoms with Crippen LogP contribution in [0.3, 0.4) is 0 Å². The lowest BCUT2D eigenvalue weighted by Crippen LogP contribution is -2.47. The molecule has 0 atom stereocenters. The van der Waals surface area contributed by atoms with Gasteiger partial charge in [0.05, 0.1) is 18.8 Å². The zero-order valence-electron chi connectivity index (χ0n) is 13.3. The molecule has 1 aromatic rings. The molecule has 0 N–H and O–H groups in total. The van der Waals surface area contributed by atoms with Crippen molar-refractivity contribution in [3.8, 4) is 0 Å². The van der Waals surface area contributed by atoms with Gasteiger partial charge in [-0.1, -0.05) is 0 Å². The predicted octanol–water partition coefficient (Wildman–Crippen LogP) is 2.30. The maximum atomic E-state index is 13.4. The van der Waals surface area contributed by atoms with Gasteiger partial charge in [0.1, 0.15) is 5.82 Å². The number of carbonyl (C=O) groups is 2. The quantitative estimate of drug-likeness (QED) is 0.767. The van der Waals surface area contributed by atoms with Crippen LogP contribution in [0.25, 0.3) is 0 Å². The molecule has 0 bridgehead atoms. The molecule has 0 radical (unpaired) electrons. The summed E-state index contributed by atoms with van der Waals surface area (Å²) in [5.74, 6) is -0.502. The molecule has 130 valence electrons. The second-order valence-electron chi connectivity index (χ2n) is 6.13. The second-order valence-corrected chi connectivity index (χ2v) is 6.98. The molecule has 2 saturated heterocycles. The molecule has 2 aliphatic rings. The molecule has 3 rings (SSSR count). The molecule has 2 aliphatic heterocycles. The zero-order chi connectivity index (χ0) is 17.1. The molecule has 0 unspecified atom stereocenters. The number of rotatable bonds is 2. The number of likely N-dealkylation sites (tertiary alicyclic amines) is 1. The van der Waals surface area contributed by atoms with Crippen molar-refractivity contribution in [2.24, 2.45) is 5.92 Å². The van der Waals surface area contributed by atoms with Gasteiger partial charge in [-0.2, -0.15) is 0 Å². The molecule has 2 fully saturated rings. The van der Waals surface area contributed by atoms with Crippen molar-refractivity contribution in [3.63, 3.8) is 0 Å². The van der Waals surface area contributed by atoms with Gasteiger partial charge in [-0.05, 0) is 47.0 Å². The molecule has 0 aromatic heterocycles. The lowest BCUT2D eigenvalue weighted by Gasteiger charge is -2.35. The number of piperidine rings is 1. The fraction of sp³-hybridized carbons (Fsp3) is 0.529. The maximum Gasteiger partial charge on any atom is 0.255 e. The maximum absolute atomic E-state index is 13.4. The van der Waals surface area contributed by atoms with E-state index in [0.717, 1.165) is 0 Å². The first kappa shape index (κ1) is 17.4. The van der Waals surface area contributed by atoms with Crippen LogP contribution in [0.1, 0.15) is 23.2 Å². The first-order valence-electron chi connectivity index (χ1n) is 8.17. The standard InChI is InChI=1S/C17H20BrFN2O3/c18-15-2-1-13(19)11-14(15)17(23)20-5-3-12(4-6-20)16(22)21-7-9-24-10-8-21/h1-2,11-12H,3-10H2. The Kier molecular flexibility index (Phi) is 5.50. The van der Waals surface area contributed by atoms with E-state index in [1.54, 1.807) is 4.90 Å². The SMILES string of the molecule is O=C(c1cc(F)ccc1Br)N1CCC(C(=O)N2CCOCC2)CC1. The van der Waals surface area contributed by atoms with Crippen LogP contribution in [-0.4, -0.2) is 61.0 Å². The van der Waals surface area contributed by atoms with Crippen LogP contribution < -0.4 is 0 Å². The number of halogens is 2. The molecule has 24 heavy (non-hydrogen) atoms. The van der Waals surface area contributed by atoms with E-state index in [1.807, 2.05) is 4.90 Å². The highest BCUT2D eigenvalue weighted by Gasteiger charge is 2.31. The normalized spacial score (nSPS) is 19.4. The largest absolute Gasteiger partial charge is 0.378 e. The van der Waals surface area contributed by atoms with E-state index in [1.165, 1.54) is 18.2 Å². The highest BCUT2D eigenvalue weighted by Crippen LogP contribution is 2.24. The molecular weight excluding hydrogens is 379 g/mol. The first-order valence-corrected chi connectivity index (χ1v) is 8.96. The summed E-state index contributed by atoms with van der Waals surface area (Å²) in [4.78, 5) is 28.6. The van der Waals surface area contributed by atoms with E-state index in [-0.39, 0.29) is 17.7 Å². The zero-order valence-corrected chi connectivity index (χ0v) is 14.9. The molecule has 0 aliphatic carbocycles.